The second-order valence-electron chi connectivity index (χ2n) is 17.1. The molecule has 13 aromatic rings. The van der Waals surface area contributed by atoms with Gasteiger partial charge in [-0.1, -0.05) is 218 Å². The first-order valence-electron chi connectivity index (χ1n) is 22.7. The molecule has 0 fully saturated rings. The molecule has 0 aliphatic heterocycles. The van der Waals surface area contributed by atoms with Gasteiger partial charge < -0.3 is 9.32 Å². The van der Waals surface area contributed by atoms with Gasteiger partial charge in [0.05, 0.1) is 5.69 Å². The molecule has 0 amide bonds. The highest BCUT2D eigenvalue weighted by atomic mass is 16.3. The summed E-state index contributed by atoms with van der Waals surface area (Å²) >= 11 is 0. The Morgan fingerprint density at radius 1 is 0.258 bits per heavy atom. The summed E-state index contributed by atoms with van der Waals surface area (Å²) < 4.78 is 6.87. The minimum atomic E-state index is 0.894. The van der Waals surface area contributed by atoms with Gasteiger partial charge in [-0.05, 0) is 101 Å². The van der Waals surface area contributed by atoms with Crippen LogP contribution in [0.5, 0.6) is 0 Å². The first-order chi connectivity index (χ1) is 32.8. The lowest BCUT2D eigenvalue weighted by Crippen LogP contribution is -2.11. The number of para-hydroxylation sites is 2. The number of hydrogen-bond donors (Lipinski definition) is 0. The summed E-state index contributed by atoms with van der Waals surface area (Å²) in [4.78, 5) is 2.45. The molecule has 2 heteroatoms. The van der Waals surface area contributed by atoms with Crippen molar-refractivity contribution in [2.75, 3.05) is 4.90 Å². The van der Waals surface area contributed by atoms with Gasteiger partial charge in [0.15, 0.2) is 0 Å². The molecule has 2 nitrogen and oxygen atoms in total. The van der Waals surface area contributed by atoms with E-state index in [1.807, 2.05) is 0 Å². The van der Waals surface area contributed by atoms with Crippen LogP contribution in [0.3, 0.4) is 0 Å². The highest BCUT2D eigenvalue weighted by Crippen LogP contribution is 2.48. The first kappa shape index (κ1) is 37.8. The van der Waals surface area contributed by atoms with Gasteiger partial charge in [-0.2, -0.15) is 0 Å². The number of benzene rings is 12. The van der Waals surface area contributed by atoms with E-state index >= 15 is 0 Å². The van der Waals surface area contributed by atoms with Gasteiger partial charge in [-0.3, -0.25) is 0 Å². The third-order valence-electron chi connectivity index (χ3n) is 13.4. The van der Waals surface area contributed by atoms with Gasteiger partial charge in [0.2, 0.25) is 0 Å². The van der Waals surface area contributed by atoms with Crippen LogP contribution in [0.2, 0.25) is 0 Å². The van der Waals surface area contributed by atoms with Gasteiger partial charge in [0, 0.05) is 38.7 Å². The number of fused-ring (bicyclic) bond motifs is 9. The number of nitrogens with zero attached hydrogens (tertiary/aromatic N) is 1. The van der Waals surface area contributed by atoms with E-state index in [4.69, 9.17) is 4.42 Å². The number of furan rings is 1. The SMILES string of the molecule is c1ccc(-c2c(-c3cccc(N(c4ccc(-c5cccc6c5oc5c(-c7ccccc7)cccc56)cc4)c4cc5ccccc5c5ccccc45)c3)c3ccccc3c3ccccc23)cc1. The van der Waals surface area contributed by atoms with Gasteiger partial charge in [0.1, 0.15) is 11.2 Å². The zero-order valence-electron chi connectivity index (χ0n) is 36.0. The number of hydrogen-bond acceptors (Lipinski definition) is 2. The molecule has 0 radical (unpaired) electrons. The number of rotatable bonds is 7. The van der Waals surface area contributed by atoms with E-state index in [0.29, 0.717) is 0 Å². The van der Waals surface area contributed by atoms with Crippen molar-refractivity contribution >= 4 is 82.1 Å². The zero-order chi connectivity index (χ0) is 43.6. The van der Waals surface area contributed by atoms with E-state index in [0.717, 1.165) is 66.8 Å². The van der Waals surface area contributed by atoms with Crippen LogP contribution in [0.4, 0.5) is 17.1 Å². The molecular formula is C64H41NO. The number of anilines is 3. The molecule has 1 aromatic heterocycles. The predicted octanol–water partition coefficient (Wildman–Crippen LogP) is 18.3. The quantitative estimate of drug-likeness (QED) is 0.149. The summed E-state index contributed by atoms with van der Waals surface area (Å²) in [6.07, 6.45) is 0. The topological polar surface area (TPSA) is 16.4 Å². The summed E-state index contributed by atoms with van der Waals surface area (Å²) in [5, 5.41) is 12.1. The molecule has 0 bridgehead atoms. The summed E-state index contributed by atoms with van der Waals surface area (Å²) in [5.74, 6) is 0. The van der Waals surface area contributed by atoms with Crippen LogP contribution in [0, 0.1) is 0 Å². The Morgan fingerprint density at radius 3 is 1.32 bits per heavy atom. The molecule has 13 rings (SSSR count). The normalized spacial score (nSPS) is 11.6. The highest BCUT2D eigenvalue weighted by molar-refractivity contribution is 6.22. The van der Waals surface area contributed by atoms with E-state index < -0.39 is 0 Å². The Balaban J connectivity index is 1.02. The van der Waals surface area contributed by atoms with Crippen LogP contribution in [-0.2, 0) is 0 Å². The molecule has 0 atom stereocenters. The molecule has 66 heavy (non-hydrogen) atoms. The van der Waals surface area contributed by atoms with Crippen molar-refractivity contribution in [3.05, 3.63) is 249 Å². The van der Waals surface area contributed by atoms with Crippen molar-refractivity contribution < 1.29 is 4.42 Å². The minimum absolute atomic E-state index is 0.894. The third-order valence-corrected chi connectivity index (χ3v) is 13.4. The molecule has 308 valence electrons. The van der Waals surface area contributed by atoms with Crippen LogP contribution >= 0.6 is 0 Å². The lowest BCUT2D eigenvalue weighted by molar-refractivity contribution is 0.671. The lowest BCUT2D eigenvalue weighted by Gasteiger charge is -2.28. The van der Waals surface area contributed by atoms with Gasteiger partial charge in [0.25, 0.3) is 0 Å². The second-order valence-corrected chi connectivity index (χ2v) is 17.1. The van der Waals surface area contributed by atoms with Gasteiger partial charge >= 0.3 is 0 Å². The average Bonchev–Trinajstić information content (AvgIpc) is 3.79. The van der Waals surface area contributed by atoms with Gasteiger partial charge in [-0.15, -0.1) is 0 Å². The van der Waals surface area contributed by atoms with Crippen molar-refractivity contribution in [3.8, 4) is 44.5 Å². The van der Waals surface area contributed by atoms with E-state index in [9.17, 15) is 0 Å². The van der Waals surface area contributed by atoms with Crippen LogP contribution < -0.4 is 4.90 Å². The standard InChI is InChI=1S/C64H41NO/c1-3-18-42(19-4-1)50-32-16-34-58-59-35-17-33-51(64(59)66-63(50)58)43-36-38-47(39-37-43)65(60-41-45-22-7-8-25-49(45)52-26-9-12-29-55(52)60)48-24-15-23-46(40-48)62-57-31-14-11-28-54(57)53-27-10-13-30-56(53)61(62)44-20-5-2-6-21-44/h1-41H. The lowest BCUT2D eigenvalue weighted by atomic mass is 9.85. The van der Waals surface area contributed by atoms with Crippen molar-refractivity contribution in [1.82, 2.24) is 0 Å². The van der Waals surface area contributed by atoms with E-state index in [-0.39, 0.29) is 0 Å². The average molecular weight is 840 g/mol. The maximum absolute atomic E-state index is 6.87. The molecule has 0 saturated carbocycles. The van der Waals surface area contributed by atoms with Crippen molar-refractivity contribution in [3.63, 3.8) is 0 Å². The molecule has 0 unspecified atom stereocenters. The smallest absolute Gasteiger partial charge is 0.143 e. The largest absolute Gasteiger partial charge is 0.455 e. The second kappa shape index (κ2) is 15.5. The predicted molar refractivity (Wildman–Crippen MR) is 280 cm³/mol. The molecule has 0 N–H and O–H groups in total. The Kier molecular flexibility index (Phi) is 8.89. The molecule has 12 aromatic carbocycles. The zero-order valence-corrected chi connectivity index (χ0v) is 36.0. The molecule has 0 aliphatic rings. The fourth-order valence-corrected chi connectivity index (χ4v) is 10.5. The Hall–Kier alpha value is -8.72. The summed E-state index contributed by atoms with van der Waals surface area (Å²) in [5.41, 5.74) is 14.3. The fraction of sp³-hybridized carbons (Fsp3) is 0. The van der Waals surface area contributed by atoms with Crippen LogP contribution in [0.1, 0.15) is 0 Å². The monoisotopic (exact) mass is 839 g/mol. The van der Waals surface area contributed by atoms with E-state index in [1.165, 1.54) is 59.8 Å². The summed E-state index contributed by atoms with van der Waals surface area (Å²) in [6.45, 7) is 0. The van der Waals surface area contributed by atoms with Crippen molar-refractivity contribution in [2.45, 2.75) is 0 Å². The minimum Gasteiger partial charge on any atom is -0.455 e. The maximum atomic E-state index is 6.87. The fourth-order valence-electron chi connectivity index (χ4n) is 10.5. The van der Waals surface area contributed by atoms with E-state index in [1.54, 1.807) is 0 Å². The Bertz CT molecular complexity index is 3980. The molecule has 0 aliphatic carbocycles. The summed E-state index contributed by atoms with van der Waals surface area (Å²) in [7, 11) is 0. The molecule has 0 spiro atoms. The van der Waals surface area contributed by atoms with Crippen LogP contribution in [-0.4, -0.2) is 0 Å². The van der Waals surface area contributed by atoms with Gasteiger partial charge in [-0.25, -0.2) is 0 Å². The molecule has 0 saturated heterocycles. The highest BCUT2D eigenvalue weighted by Gasteiger charge is 2.22. The summed E-state index contributed by atoms with van der Waals surface area (Å²) in [6, 6.07) is 90.2. The van der Waals surface area contributed by atoms with Crippen molar-refractivity contribution in [1.29, 1.82) is 0 Å². The van der Waals surface area contributed by atoms with Crippen molar-refractivity contribution in [2.24, 2.45) is 0 Å². The molecular weight excluding hydrogens is 799 g/mol. The third kappa shape index (κ3) is 6.11. The Morgan fingerprint density at radius 2 is 0.697 bits per heavy atom. The van der Waals surface area contributed by atoms with Crippen LogP contribution in [0.25, 0.3) is 110 Å². The first-order valence-corrected chi connectivity index (χ1v) is 22.7. The Labute approximate surface area is 382 Å². The maximum Gasteiger partial charge on any atom is 0.143 e. The molecule has 1 heterocycles. The van der Waals surface area contributed by atoms with E-state index in [2.05, 4.69) is 254 Å². The van der Waals surface area contributed by atoms with Crippen LogP contribution in [0.15, 0.2) is 253 Å².